The highest BCUT2D eigenvalue weighted by Gasteiger charge is 2.43. The van der Waals surface area contributed by atoms with Crippen LogP contribution < -0.4 is 0 Å². The summed E-state index contributed by atoms with van der Waals surface area (Å²) < 4.78 is 30.8. The minimum atomic E-state index is -2.98. The van der Waals surface area contributed by atoms with Crippen LogP contribution in [0, 0.1) is 0 Å². The lowest BCUT2D eigenvalue weighted by Gasteiger charge is -2.24. The van der Waals surface area contributed by atoms with Gasteiger partial charge in [-0.25, -0.2) is 0 Å². The third-order valence-corrected chi connectivity index (χ3v) is 3.75. The summed E-state index contributed by atoms with van der Waals surface area (Å²) in [6, 6.07) is 0. The van der Waals surface area contributed by atoms with Crippen molar-refractivity contribution in [1.82, 2.24) is 0 Å². The summed E-state index contributed by atoms with van der Waals surface area (Å²) in [5.41, 5.74) is 0. The Morgan fingerprint density at radius 1 is 0.667 bits per heavy atom. The molecule has 7 heteroatoms. The number of methoxy groups -OCH3 is 2. The van der Waals surface area contributed by atoms with Crippen LogP contribution >= 0.6 is 0 Å². The van der Waals surface area contributed by atoms with E-state index in [2.05, 4.69) is 0 Å². The lowest BCUT2D eigenvalue weighted by Crippen LogP contribution is -2.48. The van der Waals surface area contributed by atoms with Crippen LogP contribution in [0.3, 0.4) is 0 Å². The van der Waals surface area contributed by atoms with Crippen LogP contribution in [-0.2, 0) is 27.2 Å². The SMILES string of the molecule is COCCO[Si](OC)(OC)OCCOC. The van der Waals surface area contributed by atoms with E-state index >= 15 is 0 Å². The molecule has 92 valence electrons. The summed E-state index contributed by atoms with van der Waals surface area (Å²) in [7, 11) is 3.20. The molecule has 0 aliphatic rings. The van der Waals surface area contributed by atoms with Crippen molar-refractivity contribution in [3.63, 3.8) is 0 Å². The first-order chi connectivity index (χ1) is 7.24. The zero-order valence-electron chi connectivity index (χ0n) is 9.78. The van der Waals surface area contributed by atoms with Gasteiger partial charge in [0, 0.05) is 28.4 Å². The zero-order valence-corrected chi connectivity index (χ0v) is 10.8. The average Bonchev–Trinajstić information content (AvgIpc) is 2.28. The number of ether oxygens (including phenoxy) is 2. The quantitative estimate of drug-likeness (QED) is 0.397. The summed E-state index contributed by atoms with van der Waals surface area (Å²) >= 11 is 0. The van der Waals surface area contributed by atoms with E-state index in [4.69, 9.17) is 27.2 Å². The molecule has 0 spiro atoms. The topological polar surface area (TPSA) is 55.4 Å². The van der Waals surface area contributed by atoms with Gasteiger partial charge >= 0.3 is 9.05 Å². The van der Waals surface area contributed by atoms with E-state index in [0.29, 0.717) is 26.4 Å². The molecule has 0 heterocycles. The maximum Gasteiger partial charge on any atom is 0.679 e. The Balaban J connectivity index is 3.93. The van der Waals surface area contributed by atoms with E-state index in [-0.39, 0.29) is 0 Å². The third kappa shape index (κ3) is 6.20. The monoisotopic (exact) mass is 240 g/mol. The number of hydrogen-bond acceptors (Lipinski definition) is 6. The van der Waals surface area contributed by atoms with E-state index in [1.54, 1.807) is 14.2 Å². The fourth-order valence-electron chi connectivity index (χ4n) is 0.861. The van der Waals surface area contributed by atoms with Gasteiger partial charge in [0.2, 0.25) is 0 Å². The first-order valence-corrected chi connectivity index (χ1v) is 6.24. The second-order valence-electron chi connectivity index (χ2n) is 2.59. The maximum absolute atomic E-state index is 5.41. The van der Waals surface area contributed by atoms with Crippen molar-refractivity contribution >= 4 is 9.05 Å². The van der Waals surface area contributed by atoms with Crippen LogP contribution in [0.2, 0.25) is 0 Å². The van der Waals surface area contributed by atoms with E-state index < -0.39 is 9.05 Å². The van der Waals surface area contributed by atoms with Crippen LogP contribution in [0.25, 0.3) is 0 Å². The van der Waals surface area contributed by atoms with Crippen molar-refractivity contribution in [1.29, 1.82) is 0 Å². The van der Waals surface area contributed by atoms with E-state index in [1.807, 2.05) is 0 Å². The number of rotatable bonds is 10. The van der Waals surface area contributed by atoms with Crippen molar-refractivity contribution in [3.05, 3.63) is 0 Å². The average molecular weight is 240 g/mol. The van der Waals surface area contributed by atoms with Crippen LogP contribution in [0.15, 0.2) is 0 Å². The molecule has 0 bridgehead atoms. The third-order valence-electron chi connectivity index (χ3n) is 1.63. The molecular weight excluding hydrogens is 220 g/mol. The van der Waals surface area contributed by atoms with E-state index in [9.17, 15) is 0 Å². The summed E-state index contributed by atoms with van der Waals surface area (Å²) in [4.78, 5) is 0. The molecule has 0 aliphatic heterocycles. The van der Waals surface area contributed by atoms with Crippen molar-refractivity contribution in [2.45, 2.75) is 0 Å². The molecule has 0 saturated carbocycles. The van der Waals surface area contributed by atoms with E-state index in [0.717, 1.165) is 0 Å². The predicted octanol–water partition coefficient (Wildman–Crippen LogP) is 0.0408. The normalized spacial score (nSPS) is 12.0. The first kappa shape index (κ1) is 15.0. The highest BCUT2D eigenvalue weighted by atomic mass is 28.4. The fourth-order valence-corrected chi connectivity index (χ4v) is 2.25. The van der Waals surface area contributed by atoms with Gasteiger partial charge in [0.15, 0.2) is 0 Å². The number of hydrogen-bond donors (Lipinski definition) is 0. The predicted molar refractivity (Wildman–Crippen MR) is 55.4 cm³/mol. The Hall–Kier alpha value is -0.0231. The van der Waals surface area contributed by atoms with Crippen LogP contribution in [-0.4, -0.2) is 63.9 Å². The molecule has 0 rings (SSSR count). The Morgan fingerprint density at radius 2 is 1.07 bits per heavy atom. The molecule has 0 aromatic rings. The Bertz CT molecular complexity index is 129. The van der Waals surface area contributed by atoms with Gasteiger partial charge < -0.3 is 27.2 Å². The molecule has 0 aliphatic carbocycles. The van der Waals surface area contributed by atoms with Gasteiger partial charge in [0.25, 0.3) is 0 Å². The minimum absolute atomic E-state index is 0.372. The summed E-state index contributed by atoms with van der Waals surface area (Å²) in [6.45, 7) is 1.68. The molecule has 0 aromatic carbocycles. The lowest BCUT2D eigenvalue weighted by molar-refractivity contribution is -0.0284. The highest BCUT2D eigenvalue weighted by molar-refractivity contribution is 6.53. The molecule has 0 unspecified atom stereocenters. The molecule has 0 amide bonds. The van der Waals surface area contributed by atoms with Gasteiger partial charge in [0.1, 0.15) is 0 Å². The molecule has 6 nitrogen and oxygen atoms in total. The highest BCUT2D eigenvalue weighted by Crippen LogP contribution is 2.08. The molecule has 0 atom stereocenters. The van der Waals surface area contributed by atoms with Gasteiger partial charge in [-0.1, -0.05) is 0 Å². The van der Waals surface area contributed by atoms with E-state index in [1.165, 1.54) is 14.2 Å². The zero-order chi connectivity index (χ0) is 11.6. The molecule has 0 aromatic heterocycles. The van der Waals surface area contributed by atoms with Crippen LogP contribution in [0.1, 0.15) is 0 Å². The second-order valence-corrected chi connectivity index (χ2v) is 4.98. The molecule has 0 radical (unpaired) electrons. The second kappa shape index (κ2) is 9.22. The summed E-state index contributed by atoms with van der Waals surface area (Å²) in [5.74, 6) is 0. The van der Waals surface area contributed by atoms with Crippen molar-refractivity contribution in [3.8, 4) is 0 Å². The van der Waals surface area contributed by atoms with Gasteiger partial charge in [-0.2, -0.15) is 0 Å². The summed E-state index contributed by atoms with van der Waals surface area (Å²) in [5, 5.41) is 0. The smallest absolute Gasteiger partial charge is 0.382 e. The Morgan fingerprint density at radius 3 is 1.33 bits per heavy atom. The minimum Gasteiger partial charge on any atom is -0.382 e. The van der Waals surface area contributed by atoms with Gasteiger partial charge in [-0.3, -0.25) is 0 Å². The standard InChI is InChI=1S/C8H20O6Si/c1-9-5-7-13-15(11-3,12-4)14-8-6-10-2/h5-8H2,1-4H3. The molecule has 0 N–H and O–H groups in total. The lowest BCUT2D eigenvalue weighted by atomic mass is 10.8. The van der Waals surface area contributed by atoms with Crippen molar-refractivity contribution in [2.24, 2.45) is 0 Å². The summed E-state index contributed by atoms with van der Waals surface area (Å²) in [6.07, 6.45) is 0. The van der Waals surface area contributed by atoms with Crippen LogP contribution in [0.4, 0.5) is 0 Å². The Labute approximate surface area is 91.8 Å². The van der Waals surface area contributed by atoms with Crippen LogP contribution in [0.5, 0.6) is 0 Å². The van der Waals surface area contributed by atoms with Crippen molar-refractivity contribution < 1.29 is 27.2 Å². The largest absolute Gasteiger partial charge is 0.679 e. The Kier molecular flexibility index (Phi) is 9.21. The van der Waals surface area contributed by atoms with Gasteiger partial charge in [-0.05, 0) is 0 Å². The van der Waals surface area contributed by atoms with Gasteiger partial charge in [-0.15, -0.1) is 0 Å². The van der Waals surface area contributed by atoms with Gasteiger partial charge in [0.05, 0.1) is 26.4 Å². The first-order valence-electron chi connectivity index (χ1n) is 4.60. The van der Waals surface area contributed by atoms with Crippen molar-refractivity contribution in [2.75, 3.05) is 54.9 Å². The molecule has 0 fully saturated rings. The molecular formula is C8H20O6Si. The molecule has 15 heavy (non-hydrogen) atoms. The molecule has 0 saturated heterocycles. The maximum atomic E-state index is 5.41. The fraction of sp³-hybridized carbons (Fsp3) is 1.00.